The van der Waals surface area contributed by atoms with Crippen LogP contribution in [0.3, 0.4) is 0 Å². The van der Waals surface area contributed by atoms with Crippen molar-refractivity contribution in [3.8, 4) is 11.5 Å². The molecule has 0 aromatic heterocycles. The zero-order valence-corrected chi connectivity index (χ0v) is 27.0. The molecule has 0 amide bonds. The summed E-state index contributed by atoms with van der Waals surface area (Å²) >= 11 is 0.290. The monoisotopic (exact) mass is 554 g/mol. The van der Waals surface area contributed by atoms with Gasteiger partial charge in [0.2, 0.25) is 0 Å². The number of para-hydroxylation sites is 2. The predicted octanol–water partition coefficient (Wildman–Crippen LogP) is 8.51. The van der Waals surface area contributed by atoms with Gasteiger partial charge in [-0.15, -0.1) is 11.5 Å². The standard InChI is InChI=1S/C10H22Si2.2C6H6O.C5H5.C4H9.Ti/c1-11(2,3)9-7-8-10-12(4,5)6;2*7-6-4-2-1-3-5-6;1-2-4-5-3-1;1-3-4-2;/h7-10H,1-6H3;2*1-5,7H;1-3H,4H2;1,3-4H2,2H3;/q;;;;;+2/p-2. The number of hydrogen-bond donors (Lipinski definition) is 0. The molecule has 0 spiro atoms. The molecule has 2 nitrogen and oxygen atoms in total. The molecule has 194 valence electrons. The molecule has 0 unspecified atom stereocenters. The topological polar surface area (TPSA) is 46.1 Å². The van der Waals surface area contributed by atoms with Crippen LogP contribution in [-0.4, -0.2) is 16.1 Å². The normalized spacial score (nSPS) is 12.5. The predicted molar refractivity (Wildman–Crippen MR) is 158 cm³/mol. The molecular weight excluding hydrogens is 508 g/mol. The zero-order valence-electron chi connectivity index (χ0n) is 23.5. The molecule has 3 rings (SSSR count). The fourth-order valence-corrected chi connectivity index (χ4v) is 5.98. The van der Waals surface area contributed by atoms with Crippen molar-refractivity contribution in [1.29, 1.82) is 0 Å². The molecule has 1 aliphatic carbocycles. The SMILES string of the molecule is CCC[CH2][Ti+2][C]1=CC=CC1.C[Si](C)(C)C=CC=C[Si](C)(C)C.[O-]c1ccccc1.[O-]c1ccccc1. The van der Waals surface area contributed by atoms with Crippen molar-refractivity contribution in [2.75, 3.05) is 0 Å². The van der Waals surface area contributed by atoms with Gasteiger partial charge in [0.25, 0.3) is 0 Å². The van der Waals surface area contributed by atoms with Gasteiger partial charge in [-0.25, -0.2) is 0 Å². The first kappa shape index (κ1) is 34.1. The summed E-state index contributed by atoms with van der Waals surface area (Å²) in [5, 5.41) is 20.5. The number of hydrogen-bond acceptors (Lipinski definition) is 2. The third kappa shape index (κ3) is 25.2. The van der Waals surface area contributed by atoms with E-state index in [2.05, 4.69) is 88.0 Å². The fourth-order valence-electron chi connectivity index (χ4n) is 2.53. The molecule has 0 aliphatic heterocycles. The molecule has 2 aromatic carbocycles. The molecule has 1 aliphatic rings. The van der Waals surface area contributed by atoms with Crippen LogP contribution in [0.15, 0.2) is 106 Å². The Labute approximate surface area is 232 Å². The molecule has 0 N–H and O–H groups in total. The molecule has 0 saturated heterocycles. The van der Waals surface area contributed by atoms with Crippen LogP contribution in [-0.2, 0) is 19.2 Å². The van der Waals surface area contributed by atoms with E-state index in [-0.39, 0.29) is 30.7 Å². The molecular formula is C31H46O2Si2Ti. The van der Waals surface area contributed by atoms with Crippen LogP contribution in [0.25, 0.3) is 0 Å². The summed E-state index contributed by atoms with van der Waals surface area (Å²) in [6.45, 7) is 16.4. The first-order valence-electron chi connectivity index (χ1n) is 12.8. The molecule has 5 heteroatoms. The van der Waals surface area contributed by atoms with E-state index >= 15 is 0 Å². The Kier molecular flexibility index (Phi) is 19.2. The molecule has 0 heterocycles. The summed E-state index contributed by atoms with van der Waals surface area (Å²) in [5.41, 5.74) is 4.76. The van der Waals surface area contributed by atoms with Crippen LogP contribution in [0.2, 0.25) is 44.0 Å². The largest absolute Gasteiger partial charge is 0.872 e. The molecule has 0 saturated carbocycles. The van der Waals surface area contributed by atoms with Crippen molar-refractivity contribution in [3.05, 3.63) is 106 Å². The number of allylic oxidation sites excluding steroid dienone is 6. The van der Waals surface area contributed by atoms with Gasteiger partial charge in [0.15, 0.2) is 0 Å². The minimum atomic E-state index is -0.970. The van der Waals surface area contributed by atoms with E-state index in [0.717, 1.165) is 0 Å². The Morgan fingerprint density at radius 2 is 1.19 bits per heavy atom. The van der Waals surface area contributed by atoms with Gasteiger partial charge in [0.1, 0.15) is 0 Å². The summed E-state index contributed by atoms with van der Waals surface area (Å²) in [4.78, 5) is 0. The first-order chi connectivity index (χ1) is 16.9. The van der Waals surface area contributed by atoms with Crippen molar-refractivity contribution in [3.63, 3.8) is 0 Å². The Bertz CT molecular complexity index is 848. The van der Waals surface area contributed by atoms with Crippen molar-refractivity contribution in [2.45, 2.75) is 70.2 Å². The molecule has 36 heavy (non-hydrogen) atoms. The van der Waals surface area contributed by atoms with Crippen LogP contribution in [0.1, 0.15) is 26.2 Å². The average molecular weight is 555 g/mol. The molecule has 0 radical (unpaired) electrons. The minimum absolute atomic E-state index is 0.0718. The average Bonchev–Trinajstić information content (AvgIpc) is 3.32. The number of unbranched alkanes of at least 4 members (excludes halogenated alkanes) is 1. The van der Waals surface area contributed by atoms with Gasteiger partial charge in [0.05, 0.1) is 16.1 Å². The van der Waals surface area contributed by atoms with Crippen LogP contribution in [0.4, 0.5) is 0 Å². The Morgan fingerprint density at radius 3 is 1.47 bits per heavy atom. The van der Waals surface area contributed by atoms with Gasteiger partial charge in [-0.05, 0) is 0 Å². The van der Waals surface area contributed by atoms with Gasteiger partial charge in [-0.1, -0.05) is 123 Å². The van der Waals surface area contributed by atoms with Crippen LogP contribution in [0.5, 0.6) is 11.5 Å². The van der Waals surface area contributed by atoms with E-state index in [1.165, 1.54) is 48.3 Å². The maximum absolute atomic E-state index is 10.3. The molecule has 2 aromatic rings. The van der Waals surface area contributed by atoms with Crippen molar-refractivity contribution >= 4 is 16.1 Å². The number of benzene rings is 2. The Hall–Kier alpha value is -1.85. The number of rotatable bonds is 7. The summed E-state index contributed by atoms with van der Waals surface area (Å²) in [6.07, 6.45) is 15.3. The van der Waals surface area contributed by atoms with Gasteiger partial charge in [0, 0.05) is 0 Å². The summed E-state index contributed by atoms with van der Waals surface area (Å²) < 4.78 is 3.25. The summed E-state index contributed by atoms with van der Waals surface area (Å²) in [7, 11) is -1.94. The van der Waals surface area contributed by atoms with Gasteiger partial charge in [-0.3, -0.25) is 0 Å². The second-order valence-electron chi connectivity index (χ2n) is 10.7. The first-order valence-corrected chi connectivity index (χ1v) is 21.9. The van der Waals surface area contributed by atoms with Crippen LogP contribution >= 0.6 is 0 Å². The molecule has 0 atom stereocenters. The fraction of sp³-hybridized carbons (Fsp3) is 0.355. The zero-order chi connectivity index (χ0) is 27.3. The van der Waals surface area contributed by atoms with E-state index in [9.17, 15) is 10.2 Å². The molecule has 0 fully saturated rings. The van der Waals surface area contributed by atoms with Crippen molar-refractivity contribution < 1.29 is 29.4 Å². The molecule has 0 bridgehead atoms. The van der Waals surface area contributed by atoms with E-state index in [1.807, 2.05) is 12.1 Å². The second kappa shape index (κ2) is 20.2. The van der Waals surface area contributed by atoms with Gasteiger partial charge < -0.3 is 10.2 Å². The maximum Gasteiger partial charge on any atom is 0.0686 e. The van der Waals surface area contributed by atoms with Crippen molar-refractivity contribution in [1.82, 2.24) is 0 Å². The maximum atomic E-state index is 10.3. The smallest absolute Gasteiger partial charge is 0.0686 e. The summed E-state index contributed by atoms with van der Waals surface area (Å²) in [5.74, 6) is 0.144. The minimum Gasteiger partial charge on any atom is -0.872 e. The van der Waals surface area contributed by atoms with E-state index in [4.69, 9.17) is 0 Å². The Morgan fingerprint density at radius 1 is 0.750 bits per heavy atom. The van der Waals surface area contributed by atoms with Gasteiger partial charge in [-0.2, -0.15) is 0 Å². The quantitative estimate of drug-likeness (QED) is 0.196. The van der Waals surface area contributed by atoms with Crippen LogP contribution < -0.4 is 10.2 Å². The third-order valence-electron chi connectivity index (χ3n) is 4.44. The Balaban J connectivity index is 0.000000464. The van der Waals surface area contributed by atoms with E-state index in [1.54, 1.807) is 28.1 Å². The third-order valence-corrected chi connectivity index (χ3v) is 9.06. The van der Waals surface area contributed by atoms with Crippen molar-refractivity contribution in [2.24, 2.45) is 0 Å². The van der Waals surface area contributed by atoms with Gasteiger partial charge >= 0.3 is 72.2 Å². The van der Waals surface area contributed by atoms with E-state index in [0.29, 0.717) is 0 Å². The summed E-state index contributed by atoms with van der Waals surface area (Å²) in [6, 6.07) is 16.7. The van der Waals surface area contributed by atoms with Crippen LogP contribution in [0, 0.1) is 0 Å². The van der Waals surface area contributed by atoms with E-state index < -0.39 is 16.1 Å². The second-order valence-corrected chi connectivity index (χ2v) is 23.1.